The van der Waals surface area contributed by atoms with Crippen molar-refractivity contribution in [3.05, 3.63) is 52.8 Å². The number of ether oxygens (including phenoxy) is 5. The average Bonchev–Trinajstić information content (AvgIpc) is 3.77. The van der Waals surface area contributed by atoms with E-state index < -0.39 is 11.8 Å². The molecule has 230 valence electrons. The lowest BCUT2D eigenvalue weighted by molar-refractivity contribution is -0.141. The Bertz CT molecular complexity index is 1430. The molecule has 10 heteroatoms. The van der Waals surface area contributed by atoms with Crippen LogP contribution in [-0.2, 0) is 16.0 Å². The number of aromatic hydroxyl groups is 1. The minimum absolute atomic E-state index is 0.0921. The maximum absolute atomic E-state index is 13.4. The van der Waals surface area contributed by atoms with E-state index in [1.54, 1.807) is 12.1 Å². The standard InChI is InChI=1S/C33H41N3O7/c1-4-5-6-7-8-9-10-11-12-21-17-36(35-34-21)31-23-16-26-25(42-19-43-26)15-22(23)29(30-24(31)18-41-33(30)38)20-13-27(39-2)32(37)28(14-20)40-3/h13-17,24,29-31,37H,4-12,18-19H2,1-3H3/t24-,29+,30-,31+/m0/s1. The summed E-state index contributed by atoms with van der Waals surface area (Å²) >= 11 is 0. The maximum atomic E-state index is 13.4. The molecule has 1 N–H and O–H groups in total. The molecule has 0 unspecified atom stereocenters. The van der Waals surface area contributed by atoms with Crippen molar-refractivity contribution in [1.82, 2.24) is 15.0 Å². The Morgan fingerprint density at radius 3 is 2.23 bits per heavy atom. The van der Waals surface area contributed by atoms with E-state index >= 15 is 0 Å². The van der Waals surface area contributed by atoms with E-state index in [1.807, 2.05) is 23.0 Å². The van der Waals surface area contributed by atoms with Crippen LogP contribution in [-0.4, -0.2) is 53.7 Å². The average molecular weight is 592 g/mol. The topological polar surface area (TPSA) is 114 Å². The molecular formula is C33H41N3O7. The van der Waals surface area contributed by atoms with Crippen LogP contribution < -0.4 is 18.9 Å². The van der Waals surface area contributed by atoms with Gasteiger partial charge in [0.25, 0.3) is 0 Å². The lowest BCUT2D eigenvalue weighted by Crippen LogP contribution is -2.37. The van der Waals surface area contributed by atoms with Crippen molar-refractivity contribution >= 4 is 5.97 Å². The molecule has 2 aromatic carbocycles. The molecule has 1 aliphatic carbocycles. The zero-order chi connectivity index (χ0) is 29.9. The molecule has 0 bridgehead atoms. The van der Waals surface area contributed by atoms with Gasteiger partial charge in [-0.15, -0.1) is 5.10 Å². The number of carbonyl (C=O) groups is 1. The van der Waals surface area contributed by atoms with Crippen LogP contribution in [0.25, 0.3) is 0 Å². The van der Waals surface area contributed by atoms with Gasteiger partial charge < -0.3 is 28.8 Å². The van der Waals surface area contributed by atoms with E-state index in [9.17, 15) is 9.90 Å². The number of benzene rings is 2. The van der Waals surface area contributed by atoms with Gasteiger partial charge in [0.2, 0.25) is 12.5 Å². The number of methoxy groups -OCH3 is 2. The number of hydrogen-bond donors (Lipinski definition) is 1. The van der Waals surface area contributed by atoms with E-state index in [0.717, 1.165) is 35.2 Å². The van der Waals surface area contributed by atoms with Crippen LogP contribution in [0.2, 0.25) is 0 Å². The molecule has 3 aromatic rings. The number of phenolic OH excluding ortho intramolecular Hbond substituents is 1. The number of rotatable bonds is 13. The summed E-state index contributed by atoms with van der Waals surface area (Å²) in [5.41, 5.74) is 3.60. The van der Waals surface area contributed by atoms with Gasteiger partial charge in [-0.2, -0.15) is 0 Å². The van der Waals surface area contributed by atoms with Crippen molar-refractivity contribution in [2.75, 3.05) is 27.6 Å². The Morgan fingerprint density at radius 2 is 1.56 bits per heavy atom. The van der Waals surface area contributed by atoms with Crippen LogP contribution in [0.4, 0.5) is 0 Å². The molecule has 1 fully saturated rings. The van der Waals surface area contributed by atoms with Crippen LogP contribution in [0.1, 0.15) is 92.6 Å². The Balaban J connectivity index is 1.33. The summed E-state index contributed by atoms with van der Waals surface area (Å²) in [6.07, 6.45) is 12.9. The van der Waals surface area contributed by atoms with E-state index in [0.29, 0.717) is 11.5 Å². The third-order valence-corrected chi connectivity index (χ3v) is 9.14. The lowest BCUT2D eigenvalue weighted by Gasteiger charge is -2.39. The molecule has 3 heterocycles. The quantitative estimate of drug-likeness (QED) is 0.191. The van der Waals surface area contributed by atoms with E-state index in [1.165, 1.54) is 59.2 Å². The number of nitrogens with zero attached hydrogens (tertiary/aromatic N) is 3. The van der Waals surface area contributed by atoms with Gasteiger partial charge in [0.15, 0.2) is 23.0 Å². The highest BCUT2D eigenvalue weighted by Crippen LogP contribution is 2.56. The Hall–Kier alpha value is -3.95. The number of aryl methyl sites for hydroxylation is 1. The zero-order valence-corrected chi connectivity index (χ0v) is 25.2. The van der Waals surface area contributed by atoms with Gasteiger partial charge in [0.05, 0.1) is 38.5 Å². The van der Waals surface area contributed by atoms with Crippen molar-refractivity contribution in [2.45, 2.75) is 76.7 Å². The fourth-order valence-corrected chi connectivity index (χ4v) is 6.97. The first kappa shape index (κ1) is 29.1. The fourth-order valence-electron chi connectivity index (χ4n) is 6.97. The molecule has 0 spiro atoms. The molecule has 0 amide bonds. The SMILES string of the molecule is CCCCCCCCCCc1cn([C@@H]2c3cc4c(cc3[C@@H](c3cc(OC)c(O)c(OC)c3)[C@H]3C(=O)OC[C@@H]32)OCO4)nn1. The van der Waals surface area contributed by atoms with Crippen molar-refractivity contribution in [3.63, 3.8) is 0 Å². The number of esters is 1. The smallest absolute Gasteiger partial charge is 0.310 e. The monoisotopic (exact) mass is 591 g/mol. The summed E-state index contributed by atoms with van der Waals surface area (Å²) in [4.78, 5) is 13.4. The largest absolute Gasteiger partial charge is 0.502 e. The number of unbranched alkanes of at least 4 members (excludes halogenated alkanes) is 7. The molecule has 6 rings (SSSR count). The van der Waals surface area contributed by atoms with Crippen LogP contribution in [0.3, 0.4) is 0 Å². The van der Waals surface area contributed by atoms with E-state index in [-0.39, 0.29) is 48.6 Å². The second-order valence-electron chi connectivity index (χ2n) is 11.8. The number of carbonyl (C=O) groups excluding carboxylic acids is 1. The van der Waals surface area contributed by atoms with Crippen molar-refractivity contribution < 1.29 is 33.6 Å². The highest BCUT2D eigenvalue weighted by molar-refractivity contribution is 5.79. The summed E-state index contributed by atoms with van der Waals surface area (Å²) < 4.78 is 30.1. The summed E-state index contributed by atoms with van der Waals surface area (Å²) in [5, 5.41) is 19.7. The van der Waals surface area contributed by atoms with Crippen molar-refractivity contribution in [2.24, 2.45) is 11.8 Å². The Morgan fingerprint density at radius 1 is 0.907 bits per heavy atom. The minimum atomic E-state index is -0.503. The van der Waals surface area contributed by atoms with Crippen LogP contribution >= 0.6 is 0 Å². The van der Waals surface area contributed by atoms with Gasteiger partial charge >= 0.3 is 5.97 Å². The molecular weight excluding hydrogens is 550 g/mol. The number of phenols is 1. The first-order valence-electron chi connectivity index (χ1n) is 15.5. The van der Waals surface area contributed by atoms with Gasteiger partial charge in [0.1, 0.15) is 0 Å². The molecule has 2 aliphatic heterocycles. The number of fused-ring (bicyclic) bond motifs is 3. The van der Waals surface area contributed by atoms with E-state index in [4.69, 9.17) is 23.7 Å². The molecule has 10 nitrogen and oxygen atoms in total. The minimum Gasteiger partial charge on any atom is -0.502 e. The molecule has 1 aromatic heterocycles. The van der Waals surface area contributed by atoms with Gasteiger partial charge in [0, 0.05) is 18.0 Å². The highest BCUT2D eigenvalue weighted by Gasteiger charge is 2.53. The number of cyclic esters (lactones) is 1. The lowest BCUT2D eigenvalue weighted by atomic mass is 9.65. The van der Waals surface area contributed by atoms with Gasteiger partial charge in [-0.1, -0.05) is 57.1 Å². The van der Waals surface area contributed by atoms with Crippen molar-refractivity contribution in [1.29, 1.82) is 0 Å². The summed E-state index contributed by atoms with van der Waals surface area (Å²) in [6.45, 7) is 2.64. The number of hydrogen-bond acceptors (Lipinski definition) is 9. The van der Waals surface area contributed by atoms with Crippen LogP contribution in [0.5, 0.6) is 28.7 Å². The Kier molecular flexibility index (Phi) is 8.63. The molecule has 4 atom stereocenters. The second-order valence-corrected chi connectivity index (χ2v) is 11.8. The molecule has 43 heavy (non-hydrogen) atoms. The first-order chi connectivity index (χ1) is 21.0. The van der Waals surface area contributed by atoms with Gasteiger partial charge in [-0.3, -0.25) is 4.79 Å². The third kappa shape index (κ3) is 5.59. The summed E-state index contributed by atoms with van der Waals surface area (Å²) in [5.74, 6) is 0.354. The molecule has 1 saturated heterocycles. The predicted octanol–water partition coefficient (Wildman–Crippen LogP) is 5.94. The summed E-state index contributed by atoms with van der Waals surface area (Å²) in [7, 11) is 2.98. The van der Waals surface area contributed by atoms with Crippen molar-refractivity contribution in [3.8, 4) is 28.7 Å². The number of aromatic nitrogens is 3. The summed E-state index contributed by atoms with van der Waals surface area (Å²) in [6, 6.07) is 7.21. The van der Waals surface area contributed by atoms with Crippen LogP contribution in [0, 0.1) is 11.8 Å². The highest BCUT2D eigenvalue weighted by atomic mass is 16.7. The first-order valence-corrected chi connectivity index (χ1v) is 15.5. The van der Waals surface area contributed by atoms with Crippen LogP contribution in [0.15, 0.2) is 30.5 Å². The third-order valence-electron chi connectivity index (χ3n) is 9.14. The molecule has 0 radical (unpaired) electrons. The zero-order valence-electron chi connectivity index (χ0n) is 25.2. The fraction of sp³-hybridized carbons (Fsp3) is 0.545. The van der Waals surface area contributed by atoms with E-state index in [2.05, 4.69) is 17.2 Å². The van der Waals surface area contributed by atoms with Gasteiger partial charge in [-0.25, -0.2) is 4.68 Å². The predicted molar refractivity (Wildman–Crippen MR) is 158 cm³/mol. The normalized spacial score (nSPS) is 21.8. The Labute approximate surface area is 252 Å². The molecule has 0 saturated carbocycles. The van der Waals surface area contributed by atoms with Gasteiger partial charge in [-0.05, 0) is 53.8 Å². The second kappa shape index (κ2) is 12.7. The molecule has 3 aliphatic rings. The maximum Gasteiger partial charge on any atom is 0.310 e.